The lowest BCUT2D eigenvalue weighted by Gasteiger charge is -2.21. The van der Waals surface area contributed by atoms with Crippen molar-refractivity contribution in [2.24, 2.45) is 5.73 Å². The molecule has 0 aromatic carbocycles. The first-order valence-electron chi connectivity index (χ1n) is 5.03. The number of hydrogen-bond donors (Lipinski definition) is 1. The predicted molar refractivity (Wildman–Crippen MR) is 56.4 cm³/mol. The van der Waals surface area contributed by atoms with E-state index >= 15 is 0 Å². The topological polar surface area (TPSA) is 35.2 Å². The highest BCUT2D eigenvalue weighted by molar-refractivity contribution is 4.99. The predicted octanol–water partition coefficient (Wildman–Crippen LogP) is 1.93. The first-order valence-corrected chi connectivity index (χ1v) is 5.03. The lowest BCUT2D eigenvalue weighted by atomic mass is 10.0. The van der Waals surface area contributed by atoms with Crippen molar-refractivity contribution < 1.29 is 4.74 Å². The van der Waals surface area contributed by atoms with Crippen LogP contribution in [0.5, 0.6) is 0 Å². The van der Waals surface area contributed by atoms with E-state index in [9.17, 15) is 0 Å². The summed E-state index contributed by atoms with van der Waals surface area (Å²) >= 11 is 0. The van der Waals surface area contributed by atoms with E-state index in [1.54, 1.807) is 0 Å². The number of nitrogens with two attached hydrogens (primary N) is 1. The fourth-order valence-electron chi connectivity index (χ4n) is 1.27. The Morgan fingerprint density at radius 1 is 1.38 bits per heavy atom. The van der Waals surface area contributed by atoms with Crippen molar-refractivity contribution in [1.29, 1.82) is 0 Å². The molecule has 0 saturated carbocycles. The Kier molecular flexibility index (Phi) is 7.77. The highest BCUT2D eigenvalue weighted by atomic mass is 16.5. The molecule has 0 aromatic rings. The molecule has 0 fully saturated rings. The molecule has 13 heavy (non-hydrogen) atoms. The van der Waals surface area contributed by atoms with Gasteiger partial charge in [0.25, 0.3) is 0 Å². The van der Waals surface area contributed by atoms with Crippen LogP contribution in [0.25, 0.3) is 0 Å². The number of ether oxygens (including phenoxy) is 1. The van der Waals surface area contributed by atoms with Crippen LogP contribution in [-0.2, 0) is 4.74 Å². The summed E-state index contributed by atoms with van der Waals surface area (Å²) in [6, 6.07) is 0.0624. The molecule has 0 aliphatic heterocycles. The Labute approximate surface area is 81.8 Å². The molecule has 2 N–H and O–H groups in total. The first kappa shape index (κ1) is 12.5. The molecular weight excluding hydrogens is 162 g/mol. The van der Waals surface area contributed by atoms with Crippen LogP contribution in [0, 0.1) is 11.8 Å². The van der Waals surface area contributed by atoms with E-state index in [1.807, 2.05) is 13.8 Å². The Hall–Kier alpha value is -0.520. The first-order chi connectivity index (χ1) is 6.26. The monoisotopic (exact) mass is 183 g/mol. The summed E-state index contributed by atoms with van der Waals surface area (Å²) in [7, 11) is 0. The zero-order valence-corrected chi connectivity index (χ0v) is 8.97. The van der Waals surface area contributed by atoms with Gasteiger partial charge in [-0.25, -0.2) is 0 Å². The van der Waals surface area contributed by atoms with Gasteiger partial charge in [-0.2, -0.15) is 0 Å². The molecule has 0 radical (unpaired) electrons. The van der Waals surface area contributed by atoms with Crippen LogP contribution in [0.15, 0.2) is 0 Å². The molecule has 2 atom stereocenters. The molecule has 2 nitrogen and oxygen atoms in total. The molecule has 2 heteroatoms. The van der Waals surface area contributed by atoms with Crippen LogP contribution in [0.1, 0.15) is 40.0 Å². The molecular formula is C11H21NO. The van der Waals surface area contributed by atoms with Crippen LogP contribution < -0.4 is 5.73 Å². The van der Waals surface area contributed by atoms with Crippen molar-refractivity contribution in [3.05, 3.63) is 0 Å². The quantitative estimate of drug-likeness (QED) is 0.639. The average Bonchev–Trinajstić information content (AvgIpc) is 2.14. The largest absolute Gasteiger partial charge is 0.377 e. The highest BCUT2D eigenvalue weighted by Gasteiger charge is 2.15. The van der Waals surface area contributed by atoms with E-state index in [0.29, 0.717) is 0 Å². The van der Waals surface area contributed by atoms with Gasteiger partial charge in [0.1, 0.15) is 0 Å². The molecule has 2 unspecified atom stereocenters. The average molecular weight is 183 g/mol. The van der Waals surface area contributed by atoms with Crippen molar-refractivity contribution in [2.75, 3.05) is 6.61 Å². The van der Waals surface area contributed by atoms with Gasteiger partial charge in [-0.05, 0) is 20.3 Å². The molecule has 0 saturated heterocycles. The molecule has 0 amide bonds. The second kappa shape index (κ2) is 8.10. The lowest BCUT2D eigenvalue weighted by Crippen LogP contribution is -2.36. The Morgan fingerprint density at radius 2 is 2.08 bits per heavy atom. The lowest BCUT2D eigenvalue weighted by molar-refractivity contribution is 0.0389. The van der Waals surface area contributed by atoms with Crippen molar-refractivity contribution in [2.45, 2.75) is 52.2 Å². The van der Waals surface area contributed by atoms with Gasteiger partial charge in [-0.1, -0.05) is 13.3 Å². The standard InChI is InChI=1S/C11H21NO/c1-4-7-9-10(12)11(8-5-2)13-6-3/h10-11H,5-6,8-9,12H2,1-3H3. The van der Waals surface area contributed by atoms with Gasteiger partial charge in [-0.3, -0.25) is 0 Å². The molecule has 0 aromatic heterocycles. The fourth-order valence-corrected chi connectivity index (χ4v) is 1.27. The van der Waals surface area contributed by atoms with Gasteiger partial charge in [0, 0.05) is 19.1 Å². The summed E-state index contributed by atoms with van der Waals surface area (Å²) in [4.78, 5) is 0. The normalized spacial score (nSPS) is 14.5. The Bertz CT molecular complexity index is 163. The minimum absolute atomic E-state index is 0.0624. The fraction of sp³-hybridized carbons (Fsp3) is 0.818. The maximum atomic E-state index is 5.95. The molecule has 0 heterocycles. The number of rotatable bonds is 6. The molecule has 0 bridgehead atoms. The maximum absolute atomic E-state index is 5.95. The Balaban J connectivity index is 3.91. The molecule has 0 aliphatic carbocycles. The van der Waals surface area contributed by atoms with Crippen molar-refractivity contribution in [3.63, 3.8) is 0 Å². The minimum Gasteiger partial charge on any atom is -0.377 e. The molecule has 0 spiro atoms. The van der Waals surface area contributed by atoms with Gasteiger partial charge >= 0.3 is 0 Å². The second-order valence-electron chi connectivity index (χ2n) is 3.08. The van der Waals surface area contributed by atoms with Gasteiger partial charge in [-0.15, -0.1) is 11.8 Å². The van der Waals surface area contributed by atoms with E-state index in [-0.39, 0.29) is 12.1 Å². The van der Waals surface area contributed by atoms with Gasteiger partial charge in [0.15, 0.2) is 0 Å². The van der Waals surface area contributed by atoms with Gasteiger partial charge < -0.3 is 10.5 Å². The SMILES string of the molecule is CC#CCC(N)C(CCC)OCC. The zero-order valence-electron chi connectivity index (χ0n) is 8.97. The van der Waals surface area contributed by atoms with Crippen molar-refractivity contribution >= 4 is 0 Å². The van der Waals surface area contributed by atoms with E-state index in [0.717, 1.165) is 25.9 Å². The van der Waals surface area contributed by atoms with Gasteiger partial charge in [0.2, 0.25) is 0 Å². The summed E-state index contributed by atoms with van der Waals surface area (Å²) in [6.07, 6.45) is 3.05. The van der Waals surface area contributed by atoms with Crippen molar-refractivity contribution in [1.82, 2.24) is 0 Å². The van der Waals surface area contributed by atoms with Crippen LogP contribution in [-0.4, -0.2) is 18.8 Å². The van der Waals surface area contributed by atoms with E-state index < -0.39 is 0 Å². The Morgan fingerprint density at radius 3 is 2.54 bits per heavy atom. The molecule has 76 valence electrons. The third-order valence-corrected chi connectivity index (χ3v) is 1.95. The molecule has 0 aliphatic rings. The minimum atomic E-state index is 0.0624. The summed E-state index contributed by atoms with van der Waals surface area (Å²) in [5.41, 5.74) is 5.95. The zero-order chi connectivity index (χ0) is 10.1. The van der Waals surface area contributed by atoms with Crippen LogP contribution in [0.2, 0.25) is 0 Å². The smallest absolute Gasteiger partial charge is 0.0735 e. The van der Waals surface area contributed by atoms with Crippen LogP contribution >= 0.6 is 0 Å². The summed E-state index contributed by atoms with van der Waals surface area (Å²) in [6.45, 7) is 6.71. The van der Waals surface area contributed by atoms with Crippen LogP contribution in [0.3, 0.4) is 0 Å². The van der Waals surface area contributed by atoms with Crippen molar-refractivity contribution in [3.8, 4) is 11.8 Å². The number of hydrogen-bond acceptors (Lipinski definition) is 2. The summed E-state index contributed by atoms with van der Waals surface area (Å²) < 4.78 is 5.55. The van der Waals surface area contributed by atoms with Gasteiger partial charge in [0.05, 0.1) is 6.10 Å². The van der Waals surface area contributed by atoms with E-state index in [4.69, 9.17) is 10.5 Å². The second-order valence-corrected chi connectivity index (χ2v) is 3.08. The highest BCUT2D eigenvalue weighted by Crippen LogP contribution is 2.08. The third kappa shape index (κ3) is 5.68. The van der Waals surface area contributed by atoms with Crippen LogP contribution in [0.4, 0.5) is 0 Å². The molecule has 0 rings (SSSR count). The van der Waals surface area contributed by atoms with E-state index in [1.165, 1.54) is 0 Å². The summed E-state index contributed by atoms with van der Waals surface area (Å²) in [5.74, 6) is 5.84. The van der Waals surface area contributed by atoms with E-state index in [2.05, 4.69) is 18.8 Å². The third-order valence-electron chi connectivity index (χ3n) is 1.95. The summed E-state index contributed by atoms with van der Waals surface area (Å²) in [5, 5.41) is 0. The maximum Gasteiger partial charge on any atom is 0.0735 e.